The van der Waals surface area contributed by atoms with Gasteiger partial charge in [-0.3, -0.25) is 4.68 Å². The lowest BCUT2D eigenvalue weighted by Crippen LogP contribution is -2.26. The first-order chi connectivity index (χ1) is 12.5. The van der Waals surface area contributed by atoms with Crippen molar-refractivity contribution in [3.05, 3.63) is 64.3 Å². The molecule has 1 aromatic carbocycles. The maximum Gasteiger partial charge on any atom is 0.250 e. The van der Waals surface area contributed by atoms with Crippen molar-refractivity contribution in [2.24, 2.45) is 0 Å². The summed E-state index contributed by atoms with van der Waals surface area (Å²) in [6.45, 7) is 0.895. The Hall–Kier alpha value is -1.87. The van der Waals surface area contributed by atoms with E-state index in [1.165, 1.54) is 6.07 Å². The van der Waals surface area contributed by atoms with Gasteiger partial charge in [0.25, 0.3) is 0 Å². The Morgan fingerprint density at radius 3 is 2.62 bits per heavy atom. The highest BCUT2D eigenvalue weighted by atomic mass is 35.5. The van der Waals surface area contributed by atoms with Crippen molar-refractivity contribution < 1.29 is 13.2 Å². The number of ether oxygens (including phenoxy) is 1. The fourth-order valence-corrected chi connectivity index (χ4v) is 5.00. The molecule has 2 heterocycles. The number of nitrogens with one attached hydrogen (secondary N) is 1. The third-order valence-corrected chi connectivity index (χ3v) is 6.97. The molecule has 0 spiro atoms. The van der Waals surface area contributed by atoms with Gasteiger partial charge in [-0.1, -0.05) is 23.7 Å². The largest absolute Gasteiger partial charge is 0.497 e. The summed E-state index contributed by atoms with van der Waals surface area (Å²) in [7, 11) is -1.90. The molecule has 0 aliphatic heterocycles. The summed E-state index contributed by atoms with van der Waals surface area (Å²) in [5, 5.41) is 4.32. The zero-order valence-corrected chi connectivity index (χ0v) is 16.4. The number of hydrogen-bond donors (Lipinski definition) is 1. The second-order valence-electron chi connectivity index (χ2n) is 5.53. The number of aromatic nitrogens is 2. The molecule has 0 radical (unpaired) electrons. The van der Waals surface area contributed by atoms with Crippen molar-refractivity contribution in [2.75, 3.05) is 13.7 Å². The quantitative estimate of drug-likeness (QED) is 0.617. The predicted molar refractivity (Wildman–Crippen MR) is 103 cm³/mol. The SMILES string of the molecule is COc1ccc(Cn2nccc2CCNS(=O)(=O)c2ccc(Cl)s2)cc1. The Labute approximate surface area is 161 Å². The zero-order chi connectivity index (χ0) is 18.6. The van der Waals surface area contributed by atoms with E-state index in [9.17, 15) is 8.42 Å². The lowest BCUT2D eigenvalue weighted by molar-refractivity contribution is 0.414. The van der Waals surface area contributed by atoms with E-state index in [4.69, 9.17) is 16.3 Å². The van der Waals surface area contributed by atoms with Crippen LogP contribution in [0.25, 0.3) is 0 Å². The standard InChI is InChI=1S/C17H18ClN3O3S2/c1-24-15-4-2-13(3-5-15)12-21-14(8-10-19-21)9-11-20-26(22,23)17-7-6-16(18)25-17/h2-8,10,20H,9,11-12H2,1H3. The van der Waals surface area contributed by atoms with Crippen LogP contribution in [0.1, 0.15) is 11.3 Å². The van der Waals surface area contributed by atoms with Crippen molar-refractivity contribution in [3.8, 4) is 5.75 Å². The number of thiophene rings is 1. The van der Waals surface area contributed by atoms with Crippen LogP contribution in [0, 0.1) is 0 Å². The molecule has 2 aromatic heterocycles. The highest BCUT2D eigenvalue weighted by Gasteiger charge is 2.16. The van der Waals surface area contributed by atoms with Crippen LogP contribution in [-0.2, 0) is 23.0 Å². The predicted octanol–water partition coefficient (Wildman–Crippen LogP) is 3.18. The molecular weight excluding hydrogens is 394 g/mol. The molecule has 0 unspecified atom stereocenters. The van der Waals surface area contributed by atoms with Crippen LogP contribution in [0.4, 0.5) is 0 Å². The minimum atomic E-state index is -3.53. The van der Waals surface area contributed by atoms with E-state index in [1.807, 2.05) is 35.0 Å². The topological polar surface area (TPSA) is 73.2 Å². The molecule has 1 N–H and O–H groups in total. The van der Waals surface area contributed by atoms with E-state index in [-0.39, 0.29) is 10.8 Å². The highest BCUT2D eigenvalue weighted by Crippen LogP contribution is 2.25. The number of nitrogens with zero attached hydrogens (tertiary/aromatic N) is 2. The monoisotopic (exact) mass is 411 g/mol. The van der Waals surface area contributed by atoms with Crippen LogP contribution >= 0.6 is 22.9 Å². The summed E-state index contributed by atoms with van der Waals surface area (Å²) in [6.07, 6.45) is 2.25. The maximum atomic E-state index is 12.2. The van der Waals surface area contributed by atoms with Crippen LogP contribution in [0.5, 0.6) is 5.75 Å². The highest BCUT2D eigenvalue weighted by molar-refractivity contribution is 7.91. The second-order valence-corrected chi connectivity index (χ2v) is 9.24. The molecule has 26 heavy (non-hydrogen) atoms. The van der Waals surface area contributed by atoms with Crippen molar-refractivity contribution in [3.63, 3.8) is 0 Å². The fraction of sp³-hybridized carbons (Fsp3) is 0.235. The van der Waals surface area contributed by atoms with Gasteiger partial charge >= 0.3 is 0 Å². The van der Waals surface area contributed by atoms with Crippen LogP contribution in [0.3, 0.4) is 0 Å². The lowest BCUT2D eigenvalue weighted by atomic mass is 10.2. The lowest BCUT2D eigenvalue weighted by Gasteiger charge is -2.09. The average Bonchev–Trinajstić information content (AvgIpc) is 3.25. The van der Waals surface area contributed by atoms with Crippen molar-refractivity contribution in [1.29, 1.82) is 0 Å². The fourth-order valence-electron chi connectivity index (χ4n) is 2.45. The molecule has 0 aliphatic carbocycles. The molecule has 9 heteroatoms. The van der Waals surface area contributed by atoms with Gasteiger partial charge in [-0.05, 0) is 35.9 Å². The molecule has 6 nitrogen and oxygen atoms in total. The summed E-state index contributed by atoms with van der Waals surface area (Å²) < 4.78 is 34.7. The van der Waals surface area contributed by atoms with Crippen LogP contribution < -0.4 is 9.46 Å². The summed E-state index contributed by atoms with van der Waals surface area (Å²) in [6, 6.07) is 12.7. The Morgan fingerprint density at radius 1 is 1.19 bits per heavy atom. The van der Waals surface area contributed by atoms with Crippen LogP contribution in [0.2, 0.25) is 4.34 Å². The minimum Gasteiger partial charge on any atom is -0.497 e. The first-order valence-corrected chi connectivity index (χ1v) is 10.5. The molecule has 0 bridgehead atoms. The molecule has 0 amide bonds. The number of hydrogen-bond acceptors (Lipinski definition) is 5. The minimum absolute atomic E-state index is 0.217. The first kappa shape index (κ1) is 18.9. The van der Waals surface area contributed by atoms with E-state index in [1.54, 1.807) is 19.4 Å². The summed E-state index contributed by atoms with van der Waals surface area (Å²) >= 11 is 6.84. The molecule has 3 rings (SSSR count). The van der Waals surface area contributed by atoms with E-state index < -0.39 is 10.0 Å². The van der Waals surface area contributed by atoms with Crippen molar-refractivity contribution in [1.82, 2.24) is 14.5 Å². The Kier molecular flexibility index (Phi) is 5.98. The molecule has 0 atom stereocenters. The summed E-state index contributed by atoms with van der Waals surface area (Å²) in [5.41, 5.74) is 2.04. The zero-order valence-electron chi connectivity index (χ0n) is 14.1. The molecular formula is C17H18ClN3O3S2. The number of sulfonamides is 1. The Morgan fingerprint density at radius 2 is 1.96 bits per heavy atom. The third kappa shape index (κ3) is 4.64. The van der Waals surface area contributed by atoms with Gasteiger partial charge in [-0.25, -0.2) is 13.1 Å². The van der Waals surface area contributed by atoms with Gasteiger partial charge in [0, 0.05) is 24.9 Å². The maximum absolute atomic E-state index is 12.2. The van der Waals surface area contributed by atoms with Gasteiger partial charge < -0.3 is 4.74 Å². The van der Waals surface area contributed by atoms with Gasteiger partial charge in [0.2, 0.25) is 10.0 Å². The number of benzene rings is 1. The van der Waals surface area contributed by atoms with E-state index in [0.29, 0.717) is 17.3 Å². The average molecular weight is 412 g/mol. The second kappa shape index (κ2) is 8.22. The first-order valence-electron chi connectivity index (χ1n) is 7.86. The molecule has 0 saturated heterocycles. The van der Waals surface area contributed by atoms with Crippen LogP contribution in [-0.4, -0.2) is 31.9 Å². The number of methoxy groups -OCH3 is 1. The summed E-state index contributed by atoms with van der Waals surface area (Å²) in [4.78, 5) is 0. The smallest absolute Gasteiger partial charge is 0.250 e. The van der Waals surface area contributed by atoms with Gasteiger partial charge in [0.05, 0.1) is 18.0 Å². The van der Waals surface area contributed by atoms with Gasteiger partial charge in [0.15, 0.2) is 0 Å². The summed E-state index contributed by atoms with van der Waals surface area (Å²) in [5.74, 6) is 0.803. The molecule has 0 saturated carbocycles. The molecule has 0 aliphatic rings. The van der Waals surface area contributed by atoms with Crippen molar-refractivity contribution in [2.45, 2.75) is 17.2 Å². The van der Waals surface area contributed by atoms with Gasteiger partial charge in [0.1, 0.15) is 9.96 Å². The third-order valence-electron chi connectivity index (χ3n) is 3.78. The van der Waals surface area contributed by atoms with E-state index in [0.717, 1.165) is 28.3 Å². The van der Waals surface area contributed by atoms with E-state index >= 15 is 0 Å². The Balaban J connectivity index is 1.60. The van der Waals surface area contributed by atoms with E-state index in [2.05, 4.69) is 9.82 Å². The molecule has 3 aromatic rings. The Bertz CT molecular complexity index is 965. The normalized spacial score (nSPS) is 11.6. The molecule has 0 fully saturated rings. The van der Waals surface area contributed by atoms with Crippen molar-refractivity contribution >= 4 is 33.0 Å². The van der Waals surface area contributed by atoms with Gasteiger partial charge in [-0.2, -0.15) is 5.10 Å². The number of halogens is 1. The number of rotatable bonds is 8. The van der Waals surface area contributed by atoms with Gasteiger partial charge in [-0.15, -0.1) is 11.3 Å². The van der Waals surface area contributed by atoms with Crippen LogP contribution in [0.15, 0.2) is 52.9 Å². The molecule has 138 valence electrons.